The van der Waals surface area contributed by atoms with E-state index < -0.39 is 0 Å². The minimum atomic E-state index is 0.619. The van der Waals surface area contributed by atoms with Gasteiger partial charge in [-0.3, -0.25) is 0 Å². The first-order valence-electron chi connectivity index (χ1n) is 4.11. The highest BCUT2D eigenvalue weighted by Crippen LogP contribution is 2.29. The molecular formula is C9H17N. The summed E-state index contributed by atoms with van der Waals surface area (Å²) in [6, 6.07) is 0.619. The third kappa shape index (κ3) is 2.14. The molecule has 0 aromatic carbocycles. The van der Waals surface area contributed by atoms with Gasteiger partial charge in [0.25, 0.3) is 0 Å². The van der Waals surface area contributed by atoms with Crippen molar-refractivity contribution in [1.29, 1.82) is 0 Å². The Morgan fingerprint density at radius 1 is 1.40 bits per heavy atom. The van der Waals surface area contributed by atoms with E-state index in [4.69, 9.17) is 0 Å². The average molecular weight is 139 g/mol. The predicted molar refractivity (Wildman–Crippen MR) is 45.0 cm³/mol. The number of rotatable bonds is 3. The van der Waals surface area contributed by atoms with Crippen LogP contribution in [0, 0.1) is 5.92 Å². The molecule has 1 heteroatoms. The maximum atomic E-state index is 3.25. The fraction of sp³-hybridized carbons (Fsp3) is 0.778. The zero-order valence-electron chi connectivity index (χ0n) is 7.15. The van der Waals surface area contributed by atoms with E-state index >= 15 is 0 Å². The fourth-order valence-corrected chi connectivity index (χ4v) is 1.02. The number of nitrogens with one attached hydrogen (secondary N) is 1. The van der Waals surface area contributed by atoms with Crippen LogP contribution in [0.25, 0.3) is 0 Å². The van der Waals surface area contributed by atoms with E-state index in [1.165, 1.54) is 12.8 Å². The molecule has 2 unspecified atom stereocenters. The van der Waals surface area contributed by atoms with Crippen molar-refractivity contribution in [1.82, 2.24) is 5.32 Å². The summed E-state index contributed by atoms with van der Waals surface area (Å²) in [6.45, 7) is 4.50. The summed E-state index contributed by atoms with van der Waals surface area (Å²) in [5.74, 6) is 0.697. The van der Waals surface area contributed by atoms with Crippen LogP contribution < -0.4 is 5.32 Å². The van der Waals surface area contributed by atoms with Crippen LogP contribution in [-0.4, -0.2) is 13.1 Å². The highest BCUT2D eigenvalue weighted by atomic mass is 14.9. The van der Waals surface area contributed by atoms with Gasteiger partial charge < -0.3 is 5.32 Å². The zero-order chi connectivity index (χ0) is 7.56. The summed E-state index contributed by atoms with van der Waals surface area (Å²) < 4.78 is 0. The molecule has 1 rings (SSSR count). The molecule has 1 aliphatic rings. The second kappa shape index (κ2) is 3.20. The molecule has 1 aliphatic carbocycles. The summed E-state index contributed by atoms with van der Waals surface area (Å²) in [6.07, 6.45) is 5.10. The summed E-state index contributed by atoms with van der Waals surface area (Å²) in [5.41, 5.74) is 1.65. The van der Waals surface area contributed by atoms with Gasteiger partial charge >= 0.3 is 0 Å². The van der Waals surface area contributed by atoms with Crippen molar-refractivity contribution in [2.45, 2.75) is 32.7 Å². The highest BCUT2D eigenvalue weighted by Gasteiger charge is 2.14. The van der Waals surface area contributed by atoms with Crippen LogP contribution in [-0.2, 0) is 0 Å². The SMILES string of the molecule is CNC(C)C(C)C=C1CC1. The predicted octanol–water partition coefficient (Wildman–Crippen LogP) is 1.95. The Bertz CT molecular complexity index is 132. The van der Waals surface area contributed by atoms with Gasteiger partial charge in [-0.05, 0) is 32.7 Å². The molecule has 0 bridgehead atoms. The van der Waals surface area contributed by atoms with Gasteiger partial charge in [0, 0.05) is 6.04 Å². The van der Waals surface area contributed by atoms with Crippen molar-refractivity contribution in [3.05, 3.63) is 11.6 Å². The Kier molecular flexibility index (Phi) is 2.50. The Labute approximate surface area is 63.5 Å². The molecule has 1 fully saturated rings. The molecule has 0 amide bonds. The molecule has 1 N–H and O–H groups in total. The smallest absolute Gasteiger partial charge is 0.00959 e. The van der Waals surface area contributed by atoms with Gasteiger partial charge in [-0.2, -0.15) is 0 Å². The maximum absolute atomic E-state index is 3.25. The van der Waals surface area contributed by atoms with Crippen LogP contribution in [0.15, 0.2) is 11.6 Å². The molecule has 0 aromatic heterocycles. The second-order valence-corrected chi connectivity index (χ2v) is 3.26. The summed E-state index contributed by atoms with van der Waals surface area (Å²) >= 11 is 0. The van der Waals surface area contributed by atoms with E-state index in [0.29, 0.717) is 12.0 Å². The first-order chi connectivity index (χ1) is 4.74. The standard InChI is InChI=1S/C9H17N/c1-7(8(2)10-3)6-9-4-5-9/h6-8,10H,4-5H2,1-3H3. The zero-order valence-corrected chi connectivity index (χ0v) is 7.15. The largest absolute Gasteiger partial charge is 0.317 e. The van der Waals surface area contributed by atoms with Crippen molar-refractivity contribution in [2.75, 3.05) is 7.05 Å². The van der Waals surface area contributed by atoms with Crippen LogP contribution in [0.4, 0.5) is 0 Å². The van der Waals surface area contributed by atoms with E-state index in [0.717, 1.165) is 0 Å². The van der Waals surface area contributed by atoms with Crippen LogP contribution in [0.2, 0.25) is 0 Å². The Hall–Kier alpha value is -0.300. The van der Waals surface area contributed by atoms with Crippen LogP contribution in [0.5, 0.6) is 0 Å². The summed E-state index contributed by atoms with van der Waals surface area (Å²) in [5, 5.41) is 3.25. The van der Waals surface area contributed by atoms with Crippen molar-refractivity contribution in [2.24, 2.45) is 5.92 Å². The van der Waals surface area contributed by atoms with Crippen molar-refractivity contribution >= 4 is 0 Å². The van der Waals surface area contributed by atoms with Crippen molar-refractivity contribution in [3.8, 4) is 0 Å². The van der Waals surface area contributed by atoms with E-state index in [9.17, 15) is 0 Å². The van der Waals surface area contributed by atoms with Gasteiger partial charge in [-0.15, -0.1) is 0 Å². The van der Waals surface area contributed by atoms with E-state index in [-0.39, 0.29) is 0 Å². The molecular weight excluding hydrogens is 122 g/mol. The minimum Gasteiger partial charge on any atom is -0.317 e. The van der Waals surface area contributed by atoms with Crippen molar-refractivity contribution < 1.29 is 0 Å². The second-order valence-electron chi connectivity index (χ2n) is 3.26. The Morgan fingerprint density at radius 3 is 2.40 bits per heavy atom. The van der Waals surface area contributed by atoms with Gasteiger partial charge in [0.15, 0.2) is 0 Å². The first kappa shape index (κ1) is 7.80. The Morgan fingerprint density at radius 2 is 2.00 bits per heavy atom. The van der Waals surface area contributed by atoms with E-state index in [1.807, 2.05) is 7.05 Å². The molecule has 0 spiro atoms. The first-order valence-corrected chi connectivity index (χ1v) is 4.11. The van der Waals surface area contributed by atoms with Crippen LogP contribution >= 0.6 is 0 Å². The maximum Gasteiger partial charge on any atom is 0.00959 e. The van der Waals surface area contributed by atoms with E-state index in [2.05, 4.69) is 25.2 Å². The molecule has 1 nitrogen and oxygen atoms in total. The molecule has 0 saturated heterocycles. The molecule has 58 valence electrons. The van der Waals surface area contributed by atoms with Gasteiger partial charge in [0.05, 0.1) is 0 Å². The monoisotopic (exact) mass is 139 g/mol. The van der Waals surface area contributed by atoms with E-state index in [1.54, 1.807) is 5.57 Å². The minimum absolute atomic E-state index is 0.619. The topological polar surface area (TPSA) is 12.0 Å². The molecule has 0 heterocycles. The lowest BCUT2D eigenvalue weighted by molar-refractivity contribution is 0.498. The molecule has 0 aromatic rings. The average Bonchev–Trinajstić information content (AvgIpc) is 2.70. The van der Waals surface area contributed by atoms with Crippen LogP contribution in [0.3, 0.4) is 0 Å². The number of hydrogen-bond acceptors (Lipinski definition) is 1. The molecule has 10 heavy (non-hydrogen) atoms. The normalized spacial score (nSPS) is 22.1. The highest BCUT2D eigenvalue weighted by molar-refractivity contribution is 5.17. The summed E-state index contributed by atoms with van der Waals surface area (Å²) in [4.78, 5) is 0. The van der Waals surface area contributed by atoms with Gasteiger partial charge in [-0.1, -0.05) is 18.6 Å². The lowest BCUT2D eigenvalue weighted by Gasteiger charge is -2.14. The third-order valence-electron chi connectivity index (χ3n) is 2.28. The van der Waals surface area contributed by atoms with Gasteiger partial charge in [-0.25, -0.2) is 0 Å². The van der Waals surface area contributed by atoms with Crippen molar-refractivity contribution in [3.63, 3.8) is 0 Å². The number of allylic oxidation sites excluding steroid dienone is 1. The molecule has 2 atom stereocenters. The lowest BCUT2D eigenvalue weighted by atomic mass is 10.0. The van der Waals surface area contributed by atoms with Crippen LogP contribution in [0.1, 0.15) is 26.7 Å². The number of hydrogen-bond donors (Lipinski definition) is 1. The molecule has 1 saturated carbocycles. The Balaban J connectivity index is 2.32. The fourth-order valence-electron chi connectivity index (χ4n) is 1.02. The quantitative estimate of drug-likeness (QED) is 0.589. The molecule has 0 aliphatic heterocycles. The third-order valence-corrected chi connectivity index (χ3v) is 2.28. The van der Waals surface area contributed by atoms with Gasteiger partial charge in [0.1, 0.15) is 0 Å². The summed E-state index contributed by atoms with van der Waals surface area (Å²) in [7, 11) is 2.02. The molecule has 0 radical (unpaired) electrons. The van der Waals surface area contributed by atoms with Gasteiger partial charge in [0.2, 0.25) is 0 Å². The lowest BCUT2D eigenvalue weighted by Crippen LogP contribution is -2.27.